The van der Waals surface area contributed by atoms with Crippen molar-refractivity contribution in [3.05, 3.63) is 45.3 Å². The maximum absolute atomic E-state index is 13.0. The second-order valence-electron chi connectivity index (χ2n) is 6.97. The highest BCUT2D eigenvalue weighted by atomic mass is 32.2. The van der Waals surface area contributed by atoms with Gasteiger partial charge in [-0.05, 0) is 26.0 Å². The molecule has 9 nitrogen and oxygen atoms in total. The molecule has 1 saturated heterocycles. The molecular weight excluding hydrogens is 427 g/mol. The number of halogens is 3. The van der Waals surface area contributed by atoms with Gasteiger partial charge in [0.15, 0.2) is 0 Å². The fourth-order valence-corrected chi connectivity index (χ4v) is 5.36. The van der Waals surface area contributed by atoms with Crippen LogP contribution in [-0.2, 0) is 23.2 Å². The van der Waals surface area contributed by atoms with Crippen molar-refractivity contribution >= 4 is 21.4 Å². The van der Waals surface area contributed by atoms with Crippen LogP contribution < -0.4 is 4.90 Å². The average Bonchev–Trinajstić information content (AvgIpc) is 2.92. The molecule has 1 aromatic heterocycles. The summed E-state index contributed by atoms with van der Waals surface area (Å²) in [5.74, 6) is 0. The van der Waals surface area contributed by atoms with E-state index in [2.05, 4.69) is 5.10 Å². The highest BCUT2D eigenvalue weighted by molar-refractivity contribution is 7.89. The number of aromatic nitrogens is 2. The summed E-state index contributed by atoms with van der Waals surface area (Å²) in [6.07, 6.45) is -4.70. The molecule has 0 spiro atoms. The zero-order valence-electron chi connectivity index (χ0n) is 16.5. The van der Waals surface area contributed by atoms with Gasteiger partial charge in [0.25, 0.3) is 5.69 Å². The number of nitro groups is 1. The monoisotopic (exact) mass is 447 g/mol. The van der Waals surface area contributed by atoms with Crippen LogP contribution in [0.1, 0.15) is 17.0 Å². The number of piperazine rings is 1. The van der Waals surface area contributed by atoms with Gasteiger partial charge in [-0.15, -0.1) is 0 Å². The first kappa shape index (κ1) is 22.0. The molecule has 1 aromatic carbocycles. The Morgan fingerprint density at radius 3 is 2.20 bits per heavy atom. The molecule has 3 rings (SSSR count). The summed E-state index contributed by atoms with van der Waals surface area (Å²) < 4.78 is 67.5. The number of sulfonamides is 1. The maximum atomic E-state index is 13.0. The summed E-state index contributed by atoms with van der Waals surface area (Å²) in [7, 11) is -2.18. The lowest BCUT2D eigenvalue weighted by molar-refractivity contribution is -0.384. The van der Waals surface area contributed by atoms with E-state index in [0.29, 0.717) is 17.5 Å². The van der Waals surface area contributed by atoms with Crippen molar-refractivity contribution < 1.29 is 26.5 Å². The SMILES string of the molecule is Cc1nn(C)c(C)c1S(=O)(=O)N1CCN(c2ccc(C(F)(F)F)cc2[N+](=O)[O-])CC1. The Balaban J connectivity index is 1.84. The zero-order valence-corrected chi connectivity index (χ0v) is 17.3. The second-order valence-corrected chi connectivity index (χ2v) is 8.85. The first-order chi connectivity index (χ1) is 13.8. The molecule has 0 aliphatic carbocycles. The van der Waals surface area contributed by atoms with Gasteiger partial charge in [-0.1, -0.05) is 0 Å². The van der Waals surface area contributed by atoms with E-state index in [0.717, 1.165) is 12.1 Å². The van der Waals surface area contributed by atoms with Crippen molar-refractivity contribution in [1.82, 2.24) is 14.1 Å². The van der Waals surface area contributed by atoms with Crippen LogP contribution in [-0.4, -0.2) is 53.6 Å². The van der Waals surface area contributed by atoms with Gasteiger partial charge in [-0.25, -0.2) is 8.42 Å². The second kappa shape index (κ2) is 7.54. The molecule has 0 amide bonds. The van der Waals surface area contributed by atoms with E-state index >= 15 is 0 Å². The Bertz CT molecular complexity index is 1090. The largest absolute Gasteiger partial charge is 0.416 e. The third-order valence-electron chi connectivity index (χ3n) is 5.12. The van der Waals surface area contributed by atoms with E-state index in [1.165, 1.54) is 13.9 Å². The number of anilines is 1. The number of alkyl halides is 3. The van der Waals surface area contributed by atoms with E-state index in [-0.39, 0.29) is 36.8 Å². The number of hydrogen-bond donors (Lipinski definition) is 0. The molecule has 0 bridgehead atoms. The molecule has 1 aliphatic heterocycles. The predicted octanol–water partition coefficient (Wildman–Crippen LogP) is 2.47. The van der Waals surface area contributed by atoms with Crippen LogP contribution in [0.25, 0.3) is 0 Å². The molecule has 0 atom stereocenters. The van der Waals surface area contributed by atoms with Gasteiger partial charge in [0.05, 0.1) is 21.9 Å². The first-order valence-corrected chi connectivity index (χ1v) is 10.4. The third kappa shape index (κ3) is 3.86. The van der Waals surface area contributed by atoms with Gasteiger partial charge in [-0.3, -0.25) is 14.8 Å². The Morgan fingerprint density at radius 1 is 1.13 bits per heavy atom. The normalized spacial score (nSPS) is 16.1. The lowest BCUT2D eigenvalue weighted by Gasteiger charge is -2.35. The molecule has 0 saturated carbocycles. The Morgan fingerprint density at radius 2 is 1.73 bits per heavy atom. The van der Waals surface area contributed by atoms with Gasteiger partial charge in [0.1, 0.15) is 10.6 Å². The first-order valence-electron chi connectivity index (χ1n) is 8.95. The Hall–Kier alpha value is -2.67. The Kier molecular flexibility index (Phi) is 5.54. The lowest BCUT2D eigenvalue weighted by Crippen LogP contribution is -2.49. The molecule has 1 fully saturated rings. The van der Waals surface area contributed by atoms with E-state index in [1.54, 1.807) is 20.9 Å². The van der Waals surface area contributed by atoms with E-state index in [1.807, 2.05) is 0 Å². The molecule has 0 N–H and O–H groups in total. The third-order valence-corrected chi connectivity index (χ3v) is 7.27. The number of aryl methyl sites for hydroxylation is 2. The number of nitrogens with zero attached hydrogens (tertiary/aromatic N) is 5. The van der Waals surface area contributed by atoms with E-state index in [9.17, 15) is 31.7 Å². The highest BCUT2D eigenvalue weighted by Gasteiger charge is 2.36. The van der Waals surface area contributed by atoms with Crippen molar-refractivity contribution in [1.29, 1.82) is 0 Å². The number of nitro benzene ring substituents is 1. The summed E-state index contributed by atoms with van der Waals surface area (Å²) in [5.41, 5.74) is -0.885. The molecule has 1 aliphatic rings. The number of benzene rings is 1. The molecule has 2 aromatic rings. The van der Waals surface area contributed by atoms with Gasteiger partial charge >= 0.3 is 6.18 Å². The summed E-state index contributed by atoms with van der Waals surface area (Å²) in [6.45, 7) is 3.52. The summed E-state index contributed by atoms with van der Waals surface area (Å²) in [5, 5.41) is 15.5. The number of hydrogen-bond acceptors (Lipinski definition) is 6. The van der Waals surface area contributed by atoms with Crippen LogP contribution in [0.5, 0.6) is 0 Å². The van der Waals surface area contributed by atoms with Crippen LogP contribution in [0.4, 0.5) is 24.5 Å². The van der Waals surface area contributed by atoms with Gasteiger partial charge < -0.3 is 4.90 Å². The maximum Gasteiger partial charge on any atom is 0.416 e. The van der Waals surface area contributed by atoms with Crippen LogP contribution >= 0.6 is 0 Å². The number of rotatable bonds is 4. The highest BCUT2D eigenvalue weighted by Crippen LogP contribution is 2.37. The van der Waals surface area contributed by atoms with Crippen molar-refractivity contribution in [3.63, 3.8) is 0 Å². The smallest absolute Gasteiger partial charge is 0.363 e. The summed E-state index contributed by atoms with van der Waals surface area (Å²) in [6, 6.07) is 2.34. The van der Waals surface area contributed by atoms with Crippen LogP contribution in [0.2, 0.25) is 0 Å². The molecule has 0 unspecified atom stereocenters. The lowest BCUT2D eigenvalue weighted by atomic mass is 10.1. The zero-order chi connectivity index (χ0) is 22.4. The minimum atomic E-state index is -4.70. The summed E-state index contributed by atoms with van der Waals surface area (Å²) in [4.78, 5) is 12.1. The van der Waals surface area contributed by atoms with Gasteiger partial charge in [0, 0.05) is 39.3 Å². The molecule has 164 valence electrons. The minimum Gasteiger partial charge on any atom is -0.363 e. The minimum absolute atomic E-state index is 0.0267. The predicted molar refractivity (Wildman–Crippen MR) is 102 cm³/mol. The topological polar surface area (TPSA) is 102 Å². The van der Waals surface area contributed by atoms with Crippen molar-refractivity contribution in [3.8, 4) is 0 Å². The Labute approximate surface area is 170 Å². The van der Waals surface area contributed by atoms with Crippen LogP contribution in [0, 0.1) is 24.0 Å². The molecule has 2 heterocycles. The average molecular weight is 447 g/mol. The van der Waals surface area contributed by atoms with Crippen LogP contribution in [0.3, 0.4) is 0 Å². The fourth-order valence-electron chi connectivity index (χ4n) is 3.54. The van der Waals surface area contributed by atoms with Crippen molar-refractivity contribution in [2.75, 3.05) is 31.1 Å². The van der Waals surface area contributed by atoms with Crippen LogP contribution in [0.15, 0.2) is 23.1 Å². The summed E-state index contributed by atoms with van der Waals surface area (Å²) >= 11 is 0. The van der Waals surface area contributed by atoms with Crippen molar-refractivity contribution in [2.24, 2.45) is 7.05 Å². The fraction of sp³-hybridized carbons (Fsp3) is 0.471. The van der Waals surface area contributed by atoms with E-state index < -0.39 is 32.4 Å². The molecular formula is C17H20F3N5O4S. The van der Waals surface area contributed by atoms with Crippen molar-refractivity contribution in [2.45, 2.75) is 24.9 Å². The molecule has 13 heteroatoms. The van der Waals surface area contributed by atoms with E-state index in [4.69, 9.17) is 0 Å². The van der Waals surface area contributed by atoms with Gasteiger partial charge in [-0.2, -0.15) is 22.6 Å². The quantitative estimate of drug-likeness (QED) is 0.527. The molecule has 30 heavy (non-hydrogen) atoms. The molecule has 0 radical (unpaired) electrons. The standard InChI is InChI=1S/C17H20F3N5O4S/c1-11-16(12(2)22(3)21-11)30(28,29)24-8-6-23(7-9-24)14-5-4-13(17(18,19)20)10-15(14)25(26)27/h4-5,10H,6-9H2,1-3H3. The van der Waals surface area contributed by atoms with Gasteiger partial charge in [0.2, 0.25) is 10.0 Å².